The quantitative estimate of drug-likeness (QED) is 0.790. The molecule has 0 bridgehead atoms. The molecule has 0 radical (unpaired) electrons. The summed E-state index contributed by atoms with van der Waals surface area (Å²) >= 11 is 3.61. The number of hydrogen-bond acceptors (Lipinski definition) is 4. The maximum absolute atomic E-state index is 4.23. The molecule has 0 spiro atoms. The van der Waals surface area contributed by atoms with Crippen molar-refractivity contribution in [3.8, 4) is 0 Å². The summed E-state index contributed by atoms with van der Waals surface area (Å²) in [5.74, 6) is 1.18. The van der Waals surface area contributed by atoms with Crippen molar-refractivity contribution < 1.29 is 0 Å². The first-order valence-electron chi connectivity index (χ1n) is 4.47. The average Bonchev–Trinajstić information content (AvgIpc) is 2.64. The van der Waals surface area contributed by atoms with E-state index in [1.165, 1.54) is 17.2 Å². The Bertz CT molecular complexity index is 211. The number of aromatic nitrogens is 1. The number of thiazole rings is 1. The molecule has 0 aliphatic heterocycles. The fourth-order valence-corrected chi connectivity index (χ4v) is 2.42. The fourth-order valence-electron chi connectivity index (χ4n) is 1.09. The third-order valence-corrected chi connectivity index (χ3v) is 3.40. The van der Waals surface area contributed by atoms with Crippen LogP contribution in [0.25, 0.3) is 0 Å². The average molecular weight is 216 g/mol. The van der Waals surface area contributed by atoms with E-state index in [4.69, 9.17) is 0 Å². The standard InChI is InChI=1S/C9H16N2S2/c1-3-8(7-12-2)11-6-9-10-4-5-13-9/h4-5,8,11H,3,6-7H2,1-2H3. The van der Waals surface area contributed by atoms with Gasteiger partial charge in [0.05, 0.1) is 0 Å². The molecule has 0 aliphatic carbocycles. The van der Waals surface area contributed by atoms with E-state index in [9.17, 15) is 0 Å². The minimum Gasteiger partial charge on any atom is -0.307 e. The zero-order chi connectivity index (χ0) is 9.52. The molecular formula is C9H16N2S2. The van der Waals surface area contributed by atoms with Crippen LogP contribution in [0, 0.1) is 0 Å². The van der Waals surface area contributed by atoms with Crippen LogP contribution < -0.4 is 5.32 Å². The van der Waals surface area contributed by atoms with Gasteiger partial charge >= 0.3 is 0 Å². The van der Waals surface area contributed by atoms with E-state index in [-0.39, 0.29) is 0 Å². The first-order valence-corrected chi connectivity index (χ1v) is 6.74. The van der Waals surface area contributed by atoms with Crippen LogP contribution in [0.3, 0.4) is 0 Å². The van der Waals surface area contributed by atoms with Crippen LogP contribution in [0.15, 0.2) is 11.6 Å². The second-order valence-electron chi connectivity index (χ2n) is 2.87. The lowest BCUT2D eigenvalue weighted by atomic mass is 10.2. The van der Waals surface area contributed by atoms with Crippen LogP contribution in [0.1, 0.15) is 18.4 Å². The van der Waals surface area contributed by atoms with Crippen LogP contribution >= 0.6 is 23.1 Å². The van der Waals surface area contributed by atoms with Gasteiger partial charge < -0.3 is 5.32 Å². The van der Waals surface area contributed by atoms with Crippen molar-refractivity contribution in [2.75, 3.05) is 12.0 Å². The van der Waals surface area contributed by atoms with Crippen molar-refractivity contribution in [3.05, 3.63) is 16.6 Å². The Hall–Kier alpha value is -0.0600. The zero-order valence-corrected chi connectivity index (χ0v) is 9.75. The smallest absolute Gasteiger partial charge is 0.106 e. The molecule has 1 aromatic heterocycles. The van der Waals surface area contributed by atoms with Gasteiger partial charge in [0.15, 0.2) is 0 Å². The Labute approximate surface area is 88.2 Å². The largest absolute Gasteiger partial charge is 0.307 e. The molecule has 1 heterocycles. The first kappa shape index (κ1) is 11.0. The Morgan fingerprint density at radius 3 is 3.08 bits per heavy atom. The van der Waals surface area contributed by atoms with Gasteiger partial charge in [-0.25, -0.2) is 4.98 Å². The van der Waals surface area contributed by atoms with Crippen molar-refractivity contribution in [3.63, 3.8) is 0 Å². The lowest BCUT2D eigenvalue weighted by Crippen LogP contribution is -2.29. The summed E-state index contributed by atoms with van der Waals surface area (Å²) in [6, 6.07) is 0.624. The molecular weight excluding hydrogens is 200 g/mol. The van der Waals surface area contributed by atoms with Gasteiger partial charge in [-0.1, -0.05) is 6.92 Å². The molecule has 0 amide bonds. The van der Waals surface area contributed by atoms with E-state index in [0.717, 1.165) is 6.54 Å². The summed E-state index contributed by atoms with van der Waals surface area (Å²) in [6.45, 7) is 3.13. The topological polar surface area (TPSA) is 24.9 Å². The molecule has 1 rings (SSSR count). The molecule has 13 heavy (non-hydrogen) atoms. The molecule has 74 valence electrons. The molecule has 0 fully saturated rings. The van der Waals surface area contributed by atoms with Crippen molar-refractivity contribution in [2.45, 2.75) is 25.9 Å². The Balaban J connectivity index is 2.23. The van der Waals surface area contributed by atoms with Crippen molar-refractivity contribution in [2.24, 2.45) is 0 Å². The lowest BCUT2D eigenvalue weighted by Gasteiger charge is -2.14. The molecule has 1 aromatic rings. The first-order chi connectivity index (χ1) is 6.36. The predicted molar refractivity (Wildman–Crippen MR) is 61.4 cm³/mol. The van der Waals surface area contributed by atoms with Crippen molar-refractivity contribution in [1.82, 2.24) is 10.3 Å². The maximum atomic E-state index is 4.23. The number of rotatable bonds is 6. The SMILES string of the molecule is CCC(CSC)NCc1nccs1. The molecule has 0 saturated heterocycles. The third-order valence-electron chi connectivity index (χ3n) is 1.89. The number of nitrogens with zero attached hydrogens (tertiary/aromatic N) is 1. The molecule has 2 nitrogen and oxygen atoms in total. The lowest BCUT2D eigenvalue weighted by molar-refractivity contribution is 0.540. The van der Waals surface area contributed by atoms with Gasteiger partial charge in [-0.05, 0) is 12.7 Å². The van der Waals surface area contributed by atoms with E-state index in [1.54, 1.807) is 11.3 Å². The normalized spacial score (nSPS) is 13.1. The van der Waals surface area contributed by atoms with Crippen LogP contribution in [-0.4, -0.2) is 23.0 Å². The Morgan fingerprint density at radius 1 is 1.69 bits per heavy atom. The van der Waals surface area contributed by atoms with Crippen LogP contribution in [0.2, 0.25) is 0 Å². The summed E-state index contributed by atoms with van der Waals surface area (Å²) in [7, 11) is 0. The summed E-state index contributed by atoms with van der Waals surface area (Å²) in [5.41, 5.74) is 0. The fraction of sp³-hybridized carbons (Fsp3) is 0.667. The summed E-state index contributed by atoms with van der Waals surface area (Å²) in [6.07, 6.45) is 5.19. The second kappa shape index (κ2) is 6.40. The van der Waals surface area contributed by atoms with Gasteiger partial charge in [0, 0.05) is 29.9 Å². The van der Waals surface area contributed by atoms with Gasteiger partial charge in [-0.2, -0.15) is 11.8 Å². The van der Waals surface area contributed by atoms with Crippen molar-refractivity contribution in [1.29, 1.82) is 0 Å². The van der Waals surface area contributed by atoms with Gasteiger partial charge in [0.25, 0.3) is 0 Å². The highest BCUT2D eigenvalue weighted by atomic mass is 32.2. The number of hydrogen-bond donors (Lipinski definition) is 1. The molecule has 0 aromatic carbocycles. The molecule has 1 N–H and O–H groups in total. The Morgan fingerprint density at radius 2 is 2.54 bits per heavy atom. The second-order valence-corrected chi connectivity index (χ2v) is 4.76. The Kier molecular flexibility index (Phi) is 5.43. The van der Waals surface area contributed by atoms with Crippen LogP contribution in [-0.2, 0) is 6.54 Å². The number of nitrogens with one attached hydrogen (secondary N) is 1. The van der Waals surface area contributed by atoms with Gasteiger partial charge in [0.2, 0.25) is 0 Å². The molecule has 0 aliphatic rings. The van der Waals surface area contributed by atoms with E-state index >= 15 is 0 Å². The van der Waals surface area contributed by atoms with E-state index < -0.39 is 0 Å². The minimum absolute atomic E-state index is 0.624. The van der Waals surface area contributed by atoms with Crippen molar-refractivity contribution >= 4 is 23.1 Å². The third kappa shape index (κ3) is 4.11. The highest BCUT2D eigenvalue weighted by Gasteiger charge is 2.04. The van der Waals surface area contributed by atoms with E-state index in [1.807, 2.05) is 23.3 Å². The van der Waals surface area contributed by atoms with Crippen LogP contribution in [0.4, 0.5) is 0 Å². The zero-order valence-electron chi connectivity index (χ0n) is 8.12. The highest BCUT2D eigenvalue weighted by Crippen LogP contribution is 2.06. The van der Waals surface area contributed by atoms with Gasteiger partial charge in [-0.15, -0.1) is 11.3 Å². The van der Waals surface area contributed by atoms with E-state index in [2.05, 4.69) is 23.5 Å². The number of thioether (sulfide) groups is 1. The molecule has 4 heteroatoms. The highest BCUT2D eigenvalue weighted by molar-refractivity contribution is 7.98. The summed E-state index contributed by atoms with van der Waals surface area (Å²) in [5, 5.41) is 6.70. The van der Waals surface area contributed by atoms with Crippen LogP contribution in [0.5, 0.6) is 0 Å². The van der Waals surface area contributed by atoms with E-state index in [0.29, 0.717) is 6.04 Å². The summed E-state index contributed by atoms with van der Waals surface area (Å²) in [4.78, 5) is 4.23. The molecule has 0 saturated carbocycles. The predicted octanol–water partition coefficient (Wildman–Crippen LogP) is 2.37. The minimum atomic E-state index is 0.624. The monoisotopic (exact) mass is 216 g/mol. The molecule has 1 unspecified atom stereocenters. The molecule has 1 atom stereocenters. The van der Waals surface area contributed by atoms with Gasteiger partial charge in [0.1, 0.15) is 5.01 Å². The summed E-state index contributed by atoms with van der Waals surface area (Å²) < 4.78 is 0. The van der Waals surface area contributed by atoms with Gasteiger partial charge in [-0.3, -0.25) is 0 Å². The maximum Gasteiger partial charge on any atom is 0.106 e.